The van der Waals surface area contributed by atoms with E-state index in [2.05, 4.69) is 10.4 Å². The third kappa shape index (κ3) is 2.67. The zero-order chi connectivity index (χ0) is 12.3. The maximum Gasteiger partial charge on any atom is 0.330 e. The number of aliphatic hydroxyl groups excluding tert-OH is 1. The van der Waals surface area contributed by atoms with Gasteiger partial charge in [-0.1, -0.05) is 0 Å². The predicted octanol–water partition coefficient (Wildman–Crippen LogP) is -1.41. The van der Waals surface area contributed by atoms with Gasteiger partial charge in [0.1, 0.15) is 12.3 Å². The molecule has 0 bridgehead atoms. The van der Waals surface area contributed by atoms with E-state index in [0.717, 1.165) is 0 Å². The van der Waals surface area contributed by atoms with Crippen molar-refractivity contribution in [3.05, 3.63) is 16.3 Å². The Morgan fingerprint density at radius 3 is 3.00 bits per heavy atom. The first-order valence-corrected chi connectivity index (χ1v) is 4.31. The molecule has 88 valence electrons. The molecule has 0 fully saturated rings. The van der Waals surface area contributed by atoms with Crippen LogP contribution in [0.3, 0.4) is 0 Å². The summed E-state index contributed by atoms with van der Waals surface area (Å²) in [5.41, 5.74) is 4.58. The molecule has 0 aromatic carbocycles. The lowest BCUT2D eigenvalue weighted by atomic mass is 10.3. The van der Waals surface area contributed by atoms with E-state index in [1.54, 1.807) is 0 Å². The van der Waals surface area contributed by atoms with E-state index in [1.165, 1.54) is 17.9 Å². The maximum absolute atomic E-state index is 10.6. The molecule has 9 nitrogen and oxygen atoms in total. The lowest BCUT2D eigenvalue weighted by Gasteiger charge is -2.06. The van der Waals surface area contributed by atoms with Crippen LogP contribution in [0, 0.1) is 10.1 Å². The first-order chi connectivity index (χ1) is 7.41. The van der Waals surface area contributed by atoms with E-state index in [-0.39, 0.29) is 18.1 Å². The highest BCUT2D eigenvalue weighted by Crippen LogP contribution is 2.20. The van der Waals surface area contributed by atoms with Gasteiger partial charge in [-0.25, -0.2) is 0 Å². The number of anilines is 1. The SMILES string of the molecule is Cn1cc([N+](=O)[O-])c(NCC(O)C(N)=O)n1. The van der Waals surface area contributed by atoms with Crippen LogP contribution in [-0.4, -0.2) is 38.4 Å². The van der Waals surface area contributed by atoms with Gasteiger partial charge in [-0.2, -0.15) is 0 Å². The van der Waals surface area contributed by atoms with Crippen molar-refractivity contribution in [1.29, 1.82) is 0 Å². The fraction of sp³-hybridized carbons (Fsp3) is 0.429. The largest absolute Gasteiger partial charge is 0.381 e. The highest BCUT2D eigenvalue weighted by atomic mass is 16.6. The topological polar surface area (TPSA) is 136 Å². The Labute approximate surface area is 90.0 Å². The van der Waals surface area contributed by atoms with Crippen LogP contribution in [-0.2, 0) is 11.8 Å². The predicted molar refractivity (Wildman–Crippen MR) is 53.6 cm³/mol. The number of nitrogens with two attached hydrogens (primary N) is 1. The molecule has 0 spiro atoms. The number of hydrogen-bond donors (Lipinski definition) is 3. The van der Waals surface area contributed by atoms with Crippen LogP contribution < -0.4 is 11.1 Å². The minimum Gasteiger partial charge on any atom is -0.381 e. The van der Waals surface area contributed by atoms with Crippen molar-refractivity contribution < 1.29 is 14.8 Å². The first kappa shape index (κ1) is 11.9. The quantitative estimate of drug-likeness (QED) is 0.419. The monoisotopic (exact) mass is 229 g/mol. The van der Waals surface area contributed by atoms with E-state index in [0.29, 0.717) is 0 Å². The summed E-state index contributed by atoms with van der Waals surface area (Å²) in [5.74, 6) is -0.932. The van der Waals surface area contributed by atoms with E-state index >= 15 is 0 Å². The molecule has 1 unspecified atom stereocenters. The number of aliphatic hydroxyl groups is 1. The Bertz CT molecular complexity index is 415. The number of hydrogen-bond acceptors (Lipinski definition) is 6. The fourth-order valence-electron chi connectivity index (χ4n) is 1.03. The molecule has 1 atom stereocenters. The summed E-state index contributed by atoms with van der Waals surface area (Å²) in [6.45, 7) is -0.229. The number of rotatable bonds is 5. The van der Waals surface area contributed by atoms with Crippen molar-refractivity contribution in [3.8, 4) is 0 Å². The normalized spacial score (nSPS) is 12.1. The maximum atomic E-state index is 10.6. The smallest absolute Gasteiger partial charge is 0.330 e. The molecule has 0 radical (unpaired) electrons. The molecule has 0 aliphatic heterocycles. The summed E-state index contributed by atoms with van der Waals surface area (Å²) >= 11 is 0. The van der Waals surface area contributed by atoms with E-state index in [4.69, 9.17) is 10.8 Å². The summed E-state index contributed by atoms with van der Waals surface area (Å²) in [6, 6.07) is 0. The average molecular weight is 229 g/mol. The summed E-state index contributed by atoms with van der Waals surface area (Å²) in [7, 11) is 1.52. The number of primary amides is 1. The van der Waals surface area contributed by atoms with Crippen molar-refractivity contribution >= 4 is 17.4 Å². The molecule has 9 heteroatoms. The molecule has 1 heterocycles. The Hall–Kier alpha value is -2.16. The lowest BCUT2D eigenvalue weighted by Crippen LogP contribution is -2.34. The van der Waals surface area contributed by atoms with Crippen LogP contribution in [0.15, 0.2) is 6.20 Å². The van der Waals surface area contributed by atoms with Gasteiger partial charge in [0, 0.05) is 7.05 Å². The zero-order valence-electron chi connectivity index (χ0n) is 8.45. The van der Waals surface area contributed by atoms with Crippen molar-refractivity contribution in [2.45, 2.75) is 6.10 Å². The lowest BCUT2D eigenvalue weighted by molar-refractivity contribution is -0.384. The molecule has 1 rings (SSSR count). The Morgan fingerprint density at radius 2 is 2.50 bits per heavy atom. The number of carbonyl (C=O) groups is 1. The van der Waals surface area contributed by atoms with Crippen molar-refractivity contribution in [2.75, 3.05) is 11.9 Å². The molecule has 0 saturated heterocycles. The van der Waals surface area contributed by atoms with Gasteiger partial charge in [0.15, 0.2) is 0 Å². The molecule has 0 saturated carbocycles. The van der Waals surface area contributed by atoms with Crippen molar-refractivity contribution in [2.24, 2.45) is 12.8 Å². The second-order valence-electron chi connectivity index (χ2n) is 3.09. The first-order valence-electron chi connectivity index (χ1n) is 4.31. The van der Waals surface area contributed by atoms with Crippen LogP contribution >= 0.6 is 0 Å². The number of nitro groups is 1. The Morgan fingerprint density at radius 1 is 1.88 bits per heavy atom. The molecule has 1 amide bonds. The summed E-state index contributed by atoms with van der Waals surface area (Å²) in [4.78, 5) is 20.5. The number of aromatic nitrogens is 2. The number of nitrogens with one attached hydrogen (secondary N) is 1. The van der Waals surface area contributed by atoms with Crippen LogP contribution in [0.25, 0.3) is 0 Å². The third-order valence-electron chi connectivity index (χ3n) is 1.80. The molecule has 1 aromatic heterocycles. The van der Waals surface area contributed by atoms with Crippen molar-refractivity contribution in [3.63, 3.8) is 0 Å². The van der Waals surface area contributed by atoms with Crippen molar-refractivity contribution in [1.82, 2.24) is 9.78 Å². The molecule has 16 heavy (non-hydrogen) atoms. The van der Waals surface area contributed by atoms with Gasteiger partial charge in [0.25, 0.3) is 0 Å². The highest BCUT2D eigenvalue weighted by molar-refractivity contribution is 5.79. The zero-order valence-corrected chi connectivity index (χ0v) is 8.45. The van der Waals surface area contributed by atoms with Gasteiger partial charge < -0.3 is 16.2 Å². The number of carbonyl (C=O) groups excluding carboxylic acids is 1. The van der Waals surface area contributed by atoms with Crippen LogP contribution in [0.4, 0.5) is 11.5 Å². The highest BCUT2D eigenvalue weighted by Gasteiger charge is 2.20. The Kier molecular flexibility index (Phi) is 3.40. The summed E-state index contributed by atoms with van der Waals surface area (Å²) < 4.78 is 1.25. The van der Waals surface area contributed by atoms with E-state index in [9.17, 15) is 14.9 Å². The van der Waals surface area contributed by atoms with Gasteiger partial charge in [-0.05, 0) is 0 Å². The van der Waals surface area contributed by atoms with Gasteiger partial charge in [0.05, 0.1) is 11.5 Å². The van der Waals surface area contributed by atoms with Crippen LogP contribution in [0.2, 0.25) is 0 Å². The molecule has 1 aromatic rings. The number of nitrogens with zero attached hydrogens (tertiary/aromatic N) is 3. The van der Waals surface area contributed by atoms with Crippen LogP contribution in [0.5, 0.6) is 0 Å². The van der Waals surface area contributed by atoms with Gasteiger partial charge in [-0.15, -0.1) is 5.10 Å². The molecule has 0 aliphatic rings. The fourth-order valence-corrected chi connectivity index (χ4v) is 1.03. The van der Waals surface area contributed by atoms with Gasteiger partial charge in [0.2, 0.25) is 11.7 Å². The second kappa shape index (κ2) is 4.57. The van der Waals surface area contributed by atoms with E-state index in [1.807, 2.05) is 0 Å². The number of amides is 1. The van der Waals surface area contributed by atoms with E-state index < -0.39 is 16.9 Å². The summed E-state index contributed by atoms with van der Waals surface area (Å²) in [5, 5.41) is 25.9. The number of aryl methyl sites for hydroxylation is 1. The molecular weight excluding hydrogens is 218 g/mol. The molecule has 0 aliphatic carbocycles. The molecular formula is C7H11N5O4. The minimum atomic E-state index is -1.42. The standard InChI is InChI=1S/C7H11N5O4/c1-11-3-4(12(15)16)7(10-11)9-2-5(13)6(8)14/h3,5,13H,2H2,1H3,(H2,8,14)(H,9,10). The van der Waals surface area contributed by atoms with Gasteiger partial charge >= 0.3 is 5.69 Å². The average Bonchev–Trinajstić information content (AvgIpc) is 2.56. The Balaban J connectivity index is 2.73. The van der Waals surface area contributed by atoms with Gasteiger partial charge in [-0.3, -0.25) is 19.6 Å². The third-order valence-corrected chi connectivity index (χ3v) is 1.80. The second-order valence-corrected chi connectivity index (χ2v) is 3.09. The van der Waals surface area contributed by atoms with Crippen LogP contribution in [0.1, 0.15) is 0 Å². The molecule has 4 N–H and O–H groups in total. The summed E-state index contributed by atoms with van der Waals surface area (Å²) in [6.07, 6.45) is -0.208. The minimum absolute atomic E-state index is 0.0206.